The highest BCUT2D eigenvalue weighted by Gasteiger charge is 2.09. The summed E-state index contributed by atoms with van der Waals surface area (Å²) in [6, 6.07) is 3.65. The third kappa shape index (κ3) is 2.51. The van der Waals surface area contributed by atoms with Crippen LogP contribution in [0.15, 0.2) is 12.1 Å². The molecule has 0 spiro atoms. The Morgan fingerprint density at radius 2 is 2.29 bits per heavy atom. The Hall–Kier alpha value is -1.73. The van der Waals surface area contributed by atoms with Gasteiger partial charge in [-0.15, -0.1) is 11.3 Å². The van der Waals surface area contributed by atoms with Crippen molar-refractivity contribution in [3.8, 4) is 0 Å². The summed E-state index contributed by atoms with van der Waals surface area (Å²) < 4.78 is 1.81. The standard InChI is InChI=1S/C10H13N5OS/c1-6-12-7(2)15(14-6)5-8-3-4-9(17-8)10(16)13-11/h3-4H,5,11H2,1-2H3,(H,13,16). The summed E-state index contributed by atoms with van der Waals surface area (Å²) in [4.78, 5) is 17.1. The van der Waals surface area contributed by atoms with E-state index in [1.807, 2.05) is 24.6 Å². The fourth-order valence-electron chi connectivity index (χ4n) is 1.51. The summed E-state index contributed by atoms with van der Waals surface area (Å²) in [5, 5.41) is 4.27. The number of hydrogen-bond acceptors (Lipinski definition) is 5. The topological polar surface area (TPSA) is 85.8 Å². The number of nitrogens with two attached hydrogens (primary N) is 1. The Kier molecular flexibility index (Phi) is 3.21. The Labute approximate surface area is 102 Å². The van der Waals surface area contributed by atoms with Gasteiger partial charge in [0, 0.05) is 4.88 Å². The van der Waals surface area contributed by atoms with Crippen LogP contribution in [-0.2, 0) is 6.54 Å². The highest BCUT2D eigenvalue weighted by Crippen LogP contribution is 2.17. The van der Waals surface area contributed by atoms with Crippen LogP contribution in [0.1, 0.15) is 26.2 Å². The number of amides is 1. The lowest BCUT2D eigenvalue weighted by Gasteiger charge is -1.99. The second-order valence-corrected chi connectivity index (χ2v) is 4.77. The van der Waals surface area contributed by atoms with Gasteiger partial charge in [-0.05, 0) is 26.0 Å². The number of nitrogens with one attached hydrogen (secondary N) is 1. The molecule has 0 saturated carbocycles. The molecule has 0 atom stereocenters. The Bertz CT molecular complexity index is 545. The number of nitrogens with zero attached hydrogens (tertiary/aromatic N) is 3. The van der Waals surface area contributed by atoms with Crippen molar-refractivity contribution in [2.45, 2.75) is 20.4 Å². The van der Waals surface area contributed by atoms with Crippen molar-refractivity contribution in [3.05, 3.63) is 33.5 Å². The second-order valence-electron chi connectivity index (χ2n) is 3.60. The van der Waals surface area contributed by atoms with E-state index >= 15 is 0 Å². The predicted octanol–water partition coefficient (Wildman–Crippen LogP) is 0.608. The second kappa shape index (κ2) is 4.64. The number of carbonyl (C=O) groups is 1. The molecule has 6 nitrogen and oxygen atoms in total. The number of aromatic nitrogens is 3. The Balaban J connectivity index is 2.17. The maximum absolute atomic E-state index is 11.3. The molecular formula is C10H13N5OS. The number of thiophene rings is 1. The van der Waals surface area contributed by atoms with Crippen molar-refractivity contribution in [1.82, 2.24) is 20.2 Å². The van der Waals surface area contributed by atoms with Crippen molar-refractivity contribution in [3.63, 3.8) is 0 Å². The molecule has 0 aliphatic carbocycles. The number of aryl methyl sites for hydroxylation is 2. The van der Waals surface area contributed by atoms with Gasteiger partial charge in [0.05, 0.1) is 11.4 Å². The molecule has 3 N–H and O–H groups in total. The van der Waals surface area contributed by atoms with Crippen LogP contribution in [0.2, 0.25) is 0 Å². The number of nitrogen functional groups attached to an aromatic ring is 1. The summed E-state index contributed by atoms with van der Waals surface area (Å²) in [7, 11) is 0. The zero-order chi connectivity index (χ0) is 12.4. The molecule has 0 unspecified atom stereocenters. The van der Waals surface area contributed by atoms with Crippen LogP contribution in [-0.4, -0.2) is 20.7 Å². The molecule has 2 heterocycles. The summed E-state index contributed by atoms with van der Waals surface area (Å²) in [5.41, 5.74) is 2.11. The first-order valence-electron chi connectivity index (χ1n) is 5.08. The van der Waals surface area contributed by atoms with Gasteiger partial charge in [0.25, 0.3) is 5.91 Å². The molecule has 0 saturated heterocycles. The minimum absolute atomic E-state index is 0.271. The van der Waals surface area contributed by atoms with Gasteiger partial charge < -0.3 is 0 Å². The van der Waals surface area contributed by atoms with Crippen LogP contribution >= 0.6 is 11.3 Å². The largest absolute Gasteiger partial charge is 0.289 e. The predicted molar refractivity (Wildman–Crippen MR) is 64.6 cm³/mol. The lowest BCUT2D eigenvalue weighted by atomic mass is 10.4. The summed E-state index contributed by atoms with van der Waals surface area (Å²) >= 11 is 1.40. The number of hydrazine groups is 1. The lowest BCUT2D eigenvalue weighted by Crippen LogP contribution is -2.29. The molecular weight excluding hydrogens is 238 g/mol. The summed E-state index contributed by atoms with van der Waals surface area (Å²) in [6.07, 6.45) is 0. The van der Waals surface area contributed by atoms with Crippen LogP contribution in [0.25, 0.3) is 0 Å². The first kappa shape index (κ1) is 11.7. The van der Waals surface area contributed by atoms with E-state index in [1.54, 1.807) is 6.07 Å². The molecule has 17 heavy (non-hydrogen) atoms. The van der Waals surface area contributed by atoms with Crippen molar-refractivity contribution in [1.29, 1.82) is 0 Å². The normalized spacial score (nSPS) is 10.5. The fraction of sp³-hybridized carbons (Fsp3) is 0.300. The van der Waals surface area contributed by atoms with Crippen LogP contribution in [0.3, 0.4) is 0 Å². The molecule has 0 aliphatic rings. The van der Waals surface area contributed by atoms with E-state index in [9.17, 15) is 4.79 Å². The van der Waals surface area contributed by atoms with Crippen molar-refractivity contribution < 1.29 is 4.79 Å². The van der Waals surface area contributed by atoms with E-state index in [2.05, 4.69) is 15.5 Å². The van der Waals surface area contributed by atoms with Crippen molar-refractivity contribution >= 4 is 17.2 Å². The molecule has 2 aromatic rings. The minimum atomic E-state index is -0.271. The highest BCUT2D eigenvalue weighted by atomic mass is 32.1. The minimum Gasteiger partial charge on any atom is -0.289 e. The lowest BCUT2D eigenvalue weighted by molar-refractivity contribution is 0.0957. The summed E-state index contributed by atoms with van der Waals surface area (Å²) in [6.45, 7) is 4.38. The molecule has 2 aromatic heterocycles. The third-order valence-electron chi connectivity index (χ3n) is 2.28. The van der Waals surface area contributed by atoms with E-state index < -0.39 is 0 Å². The molecule has 2 rings (SSSR count). The van der Waals surface area contributed by atoms with Gasteiger partial charge in [-0.1, -0.05) is 0 Å². The molecule has 0 radical (unpaired) electrons. The molecule has 0 aliphatic heterocycles. The van der Waals surface area contributed by atoms with Crippen LogP contribution in [0.5, 0.6) is 0 Å². The SMILES string of the molecule is Cc1nc(C)n(Cc2ccc(C(=O)NN)s2)n1. The Morgan fingerprint density at radius 1 is 1.53 bits per heavy atom. The summed E-state index contributed by atoms with van der Waals surface area (Å²) in [5.74, 6) is 6.41. The fourth-order valence-corrected chi connectivity index (χ4v) is 2.41. The van der Waals surface area contributed by atoms with Gasteiger partial charge in [0.15, 0.2) is 0 Å². The third-order valence-corrected chi connectivity index (χ3v) is 3.35. The maximum atomic E-state index is 11.3. The number of hydrogen-bond donors (Lipinski definition) is 2. The zero-order valence-corrected chi connectivity index (χ0v) is 10.4. The van der Waals surface area contributed by atoms with Crippen molar-refractivity contribution in [2.24, 2.45) is 5.84 Å². The van der Waals surface area contributed by atoms with Gasteiger partial charge in [-0.3, -0.25) is 10.2 Å². The molecule has 0 fully saturated rings. The van der Waals surface area contributed by atoms with Gasteiger partial charge in [0.2, 0.25) is 0 Å². The maximum Gasteiger partial charge on any atom is 0.275 e. The molecule has 90 valence electrons. The molecule has 0 aromatic carbocycles. The average Bonchev–Trinajstić information content (AvgIpc) is 2.86. The van der Waals surface area contributed by atoms with E-state index in [0.717, 1.165) is 16.5 Å². The highest BCUT2D eigenvalue weighted by molar-refractivity contribution is 7.14. The smallest absolute Gasteiger partial charge is 0.275 e. The van der Waals surface area contributed by atoms with E-state index in [-0.39, 0.29) is 5.91 Å². The van der Waals surface area contributed by atoms with Gasteiger partial charge in [-0.25, -0.2) is 15.5 Å². The van der Waals surface area contributed by atoms with Crippen LogP contribution in [0.4, 0.5) is 0 Å². The quantitative estimate of drug-likeness (QED) is 0.475. The van der Waals surface area contributed by atoms with E-state index in [1.165, 1.54) is 11.3 Å². The number of rotatable bonds is 3. The van der Waals surface area contributed by atoms with Gasteiger partial charge >= 0.3 is 0 Å². The van der Waals surface area contributed by atoms with Crippen LogP contribution in [0, 0.1) is 13.8 Å². The first-order valence-corrected chi connectivity index (χ1v) is 5.89. The number of carbonyl (C=O) groups excluding carboxylic acids is 1. The van der Waals surface area contributed by atoms with E-state index in [0.29, 0.717) is 11.4 Å². The first-order chi connectivity index (χ1) is 8.10. The monoisotopic (exact) mass is 251 g/mol. The van der Waals surface area contributed by atoms with Gasteiger partial charge in [-0.2, -0.15) is 5.10 Å². The van der Waals surface area contributed by atoms with Gasteiger partial charge in [0.1, 0.15) is 11.6 Å². The molecule has 1 amide bonds. The van der Waals surface area contributed by atoms with Crippen molar-refractivity contribution in [2.75, 3.05) is 0 Å². The van der Waals surface area contributed by atoms with Crippen LogP contribution < -0.4 is 11.3 Å². The molecule has 7 heteroatoms. The average molecular weight is 251 g/mol. The Morgan fingerprint density at radius 3 is 2.88 bits per heavy atom. The zero-order valence-electron chi connectivity index (χ0n) is 9.60. The van der Waals surface area contributed by atoms with E-state index in [4.69, 9.17) is 5.84 Å². The molecule has 0 bridgehead atoms.